The van der Waals surface area contributed by atoms with Crippen molar-refractivity contribution in [2.24, 2.45) is 5.92 Å². The standard InChI is InChI=1S/C20H22N4O3/c1-26-18-7-6-14(12-21-18)13-22-19(25)15-8-10-24(11-9-15)20-23-16-4-2-3-5-17(16)27-20/h2-7,12,15H,8-11,13H2,1H3,(H,22,25). The number of benzene rings is 1. The lowest BCUT2D eigenvalue weighted by Gasteiger charge is -2.30. The van der Waals surface area contributed by atoms with Gasteiger partial charge in [0.05, 0.1) is 7.11 Å². The van der Waals surface area contributed by atoms with Crippen LogP contribution in [0, 0.1) is 5.92 Å². The van der Waals surface area contributed by atoms with Crippen LogP contribution < -0.4 is 15.0 Å². The van der Waals surface area contributed by atoms with Crippen molar-refractivity contribution in [1.82, 2.24) is 15.3 Å². The van der Waals surface area contributed by atoms with E-state index in [-0.39, 0.29) is 11.8 Å². The third kappa shape index (κ3) is 3.86. The normalized spacial score (nSPS) is 15.1. The summed E-state index contributed by atoms with van der Waals surface area (Å²) in [6.07, 6.45) is 3.28. The molecule has 3 heterocycles. The molecule has 0 bridgehead atoms. The molecule has 3 aromatic rings. The molecule has 0 saturated carbocycles. The van der Waals surface area contributed by atoms with E-state index in [4.69, 9.17) is 9.15 Å². The first-order chi connectivity index (χ1) is 13.2. The summed E-state index contributed by atoms with van der Waals surface area (Å²) in [6, 6.07) is 12.1. The molecule has 27 heavy (non-hydrogen) atoms. The number of piperidine rings is 1. The molecule has 0 unspecified atom stereocenters. The number of carbonyl (C=O) groups excluding carboxylic acids is 1. The number of hydrogen-bond donors (Lipinski definition) is 1. The Morgan fingerprint density at radius 1 is 1.26 bits per heavy atom. The van der Waals surface area contributed by atoms with Crippen LogP contribution >= 0.6 is 0 Å². The van der Waals surface area contributed by atoms with Crippen LogP contribution in [0.4, 0.5) is 6.01 Å². The van der Waals surface area contributed by atoms with Crippen LogP contribution in [0.5, 0.6) is 5.88 Å². The number of anilines is 1. The number of aromatic nitrogens is 2. The molecule has 0 radical (unpaired) electrons. The number of amides is 1. The van der Waals surface area contributed by atoms with Gasteiger partial charge >= 0.3 is 0 Å². The van der Waals surface area contributed by atoms with Gasteiger partial charge < -0.3 is 19.4 Å². The number of carbonyl (C=O) groups is 1. The first kappa shape index (κ1) is 17.3. The minimum Gasteiger partial charge on any atom is -0.481 e. The number of oxazole rings is 1. The zero-order chi connectivity index (χ0) is 18.6. The van der Waals surface area contributed by atoms with Gasteiger partial charge in [-0.3, -0.25) is 4.79 Å². The molecular formula is C20H22N4O3. The van der Waals surface area contributed by atoms with Crippen LogP contribution in [0.1, 0.15) is 18.4 Å². The van der Waals surface area contributed by atoms with Gasteiger partial charge in [0.1, 0.15) is 5.52 Å². The fourth-order valence-electron chi connectivity index (χ4n) is 3.30. The number of ether oxygens (including phenoxy) is 1. The molecule has 0 spiro atoms. The van der Waals surface area contributed by atoms with E-state index in [0.29, 0.717) is 18.4 Å². The summed E-state index contributed by atoms with van der Waals surface area (Å²) in [5.74, 6) is 0.663. The molecule has 1 aliphatic heterocycles. The average Bonchev–Trinajstić information content (AvgIpc) is 3.17. The van der Waals surface area contributed by atoms with Gasteiger partial charge in [-0.1, -0.05) is 18.2 Å². The van der Waals surface area contributed by atoms with E-state index < -0.39 is 0 Å². The first-order valence-electron chi connectivity index (χ1n) is 9.10. The second kappa shape index (κ2) is 7.65. The fraction of sp³-hybridized carbons (Fsp3) is 0.350. The van der Waals surface area contributed by atoms with Gasteiger partial charge in [0, 0.05) is 37.8 Å². The number of methoxy groups -OCH3 is 1. The summed E-state index contributed by atoms with van der Waals surface area (Å²) in [7, 11) is 1.58. The van der Waals surface area contributed by atoms with E-state index in [1.165, 1.54) is 0 Å². The summed E-state index contributed by atoms with van der Waals surface area (Å²) < 4.78 is 10.9. The summed E-state index contributed by atoms with van der Waals surface area (Å²) in [4.78, 5) is 23.3. The highest BCUT2D eigenvalue weighted by molar-refractivity contribution is 5.79. The van der Waals surface area contributed by atoms with E-state index >= 15 is 0 Å². The van der Waals surface area contributed by atoms with Crippen LogP contribution in [-0.2, 0) is 11.3 Å². The Kier molecular flexibility index (Phi) is 4.91. The van der Waals surface area contributed by atoms with Crippen molar-refractivity contribution in [2.75, 3.05) is 25.1 Å². The molecule has 7 nitrogen and oxygen atoms in total. The highest BCUT2D eigenvalue weighted by atomic mass is 16.5. The summed E-state index contributed by atoms with van der Waals surface area (Å²) >= 11 is 0. The highest BCUT2D eigenvalue weighted by Gasteiger charge is 2.27. The maximum absolute atomic E-state index is 12.5. The zero-order valence-electron chi connectivity index (χ0n) is 15.2. The maximum Gasteiger partial charge on any atom is 0.298 e. The maximum atomic E-state index is 12.5. The van der Waals surface area contributed by atoms with Gasteiger partial charge in [-0.25, -0.2) is 4.98 Å². The molecule has 1 N–H and O–H groups in total. The van der Waals surface area contributed by atoms with Crippen molar-refractivity contribution in [3.8, 4) is 5.88 Å². The van der Waals surface area contributed by atoms with Gasteiger partial charge in [0.15, 0.2) is 5.58 Å². The number of hydrogen-bond acceptors (Lipinski definition) is 6. The van der Waals surface area contributed by atoms with Gasteiger partial charge in [-0.05, 0) is 30.5 Å². The lowest BCUT2D eigenvalue weighted by atomic mass is 9.96. The van der Waals surface area contributed by atoms with E-state index in [1.807, 2.05) is 30.3 Å². The largest absolute Gasteiger partial charge is 0.481 e. The van der Waals surface area contributed by atoms with E-state index in [9.17, 15) is 4.79 Å². The number of pyridine rings is 1. The molecule has 4 rings (SSSR count). The molecular weight excluding hydrogens is 344 g/mol. The van der Waals surface area contributed by atoms with E-state index in [0.717, 1.165) is 42.6 Å². The minimum atomic E-state index is 0.0110. The number of fused-ring (bicyclic) bond motifs is 1. The lowest BCUT2D eigenvalue weighted by Crippen LogP contribution is -2.40. The highest BCUT2D eigenvalue weighted by Crippen LogP contribution is 2.26. The molecule has 0 aliphatic carbocycles. The number of nitrogens with zero attached hydrogens (tertiary/aromatic N) is 3. The monoisotopic (exact) mass is 366 g/mol. The summed E-state index contributed by atoms with van der Waals surface area (Å²) in [6.45, 7) is 1.99. The fourth-order valence-corrected chi connectivity index (χ4v) is 3.30. The number of nitrogens with one attached hydrogen (secondary N) is 1. The molecule has 2 aromatic heterocycles. The van der Waals surface area contributed by atoms with Crippen molar-refractivity contribution in [3.05, 3.63) is 48.2 Å². The number of para-hydroxylation sites is 2. The van der Waals surface area contributed by atoms with Crippen molar-refractivity contribution in [2.45, 2.75) is 19.4 Å². The molecule has 1 saturated heterocycles. The quantitative estimate of drug-likeness (QED) is 0.748. The molecule has 1 amide bonds. The Morgan fingerprint density at radius 3 is 2.78 bits per heavy atom. The Bertz CT molecular complexity index is 881. The van der Waals surface area contributed by atoms with Crippen LogP contribution in [-0.4, -0.2) is 36.1 Å². The molecule has 0 atom stereocenters. The predicted octanol–water partition coefficient (Wildman–Crippen LogP) is 2.76. The Balaban J connectivity index is 1.29. The van der Waals surface area contributed by atoms with Crippen molar-refractivity contribution < 1.29 is 13.9 Å². The van der Waals surface area contributed by atoms with Crippen molar-refractivity contribution in [1.29, 1.82) is 0 Å². The van der Waals surface area contributed by atoms with Crippen LogP contribution in [0.15, 0.2) is 47.0 Å². The van der Waals surface area contributed by atoms with Crippen molar-refractivity contribution >= 4 is 23.0 Å². The molecule has 1 fully saturated rings. The SMILES string of the molecule is COc1ccc(CNC(=O)C2CCN(c3nc4ccccc4o3)CC2)cn1. The summed E-state index contributed by atoms with van der Waals surface area (Å²) in [5.41, 5.74) is 2.61. The Hall–Kier alpha value is -3.09. The molecule has 1 aliphatic rings. The number of rotatable bonds is 5. The minimum absolute atomic E-state index is 0.0110. The van der Waals surface area contributed by atoms with Crippen LogP contribution in [0.3, 0.4) is 0 Å². The predicted molar refractivity (Wildman–Crippen MR) is 102 cm³/mol. The van der Waals surface area contributed by atoms with Gasteiger partial charge in [-0.2, -0.15) is 4.98 Å². The second-order valence-electron chi connectivity index (χ2n) is 6.65. The Labute approximate surface area is 157 Å². The van der Waals surface area contributed by atoms with E-state index in [1.54, 1.807) is 19.4 Å². The zero-order valence-corrected chi connectivity index (χ0v) is 15.2. The average molecular weight is 366 g/mol. The topological polar surface area (TPSA) is 80.5 Å². The third-order valence-corrected chi connectivity index (χ3v) is 4.89. The first-order valence-corrected chi connectivity index (χ1v) is 9.10. The molecule has 7 heteroatoms. The Morgan fingerprint density at radius 2 is 2.07 bits per heavy atom. The second-order valence-corrected chi connectivity index (χ2v) is 6.65. The smallest absolute Gasteiger partial charge is 0.298 e. The van der Waals surface area contributed by atoms with Gasteiger partial charge in [0.25, 0.3) is 6.01 Å². The van der Waals surface area contributed by atoms with Gasteiger partial charge in [0.2, 0.25) is 11.8 Å². The van der Waals surface area contributed by atoms with Crippen molar-refractivity contribution in [3.63, 3.8) is 0 Å². The lowest BCUT2D eigenvalue weighted by molar-refractivity contribution is -0.125. The van der Waals surface area contributed by atoms with Crippen LogP contribution in [0.25, 0.3) is 11.1 Å². The van der Waals surface area contributed by atoms with Gasteiger partial charge in [-0.15, -0.1) is 0 Å². The summed E-state index contributed by atoms with van der Waals surface area (Å²) in [5, 5.41) is 3.00. The molecule has 1 aromatic carbocycles. The van der Waals surface area contributed by atoms with Crippen LogP contribution in [0.2, 0.25) is 0 Å². The third-order valence-electron chi connectivity index (χ3n) is 4.89. The molecule has 140 valence electrons. The van der Waals surface area contributed by atoms with E-state index in [2.05, 4.69) is 20.2 Å².